The molecule has 0 amide bonds. The summed E-state index contributed by atoms with van der Waals surface area (Å²) in [6.07, 6.45) is 1.72. The van der Waals surface area contributed by atoms with Gasteiger partial charge in [-0.2, -0.15) is 9.73 Å². The van der Waals surface area contributed by atoms with Crippen molar-refractivity contribution >= 4 is 5.78 Å². The van der Waals surface area contributed by atoms with Gasteiger partial charge in [-0.15, -0.1) is 0 Å². The van der Waals surface area contributed by atoms with Gasteiger partial charge in [-0.3, -0.25) is 4.79 Å². The standard InChI is InChI=1S/C15H15N5O/c1-3-15(2)8-9-6-4-5-7-10(9)12-11(15)13(21)20-14(16-12)17-18-19-20/h4-7H,3,8H2,1-2H3,(H,16,17,19). The zero-order valence-electron chi connectivity index (χ0n) is 11.9. The van der Waals surface area contributed by atoms with Crippen LogP contribution in [0.25, 0.3) is 17.0 Å². The molecule has 0 aliphatic heterocycles. The van der Waals surface area contributed by atoms with Crippen LogP contribution in [0.4, 0.5) is 0 Å². The first-order valence-electron chi connectivity index (χ1n) is 7.06. The third-order valence-corrected chi connectivity index (χ3v) is 4.59. The highest BCUT2D eigenvalue weighted by Gasteiger charge is 2.37. The molecular formula is C15H15N5O. The third kappa shape index (κ3) is 1.53. The molecule has 1 atom stereocenters. The number of benzene rings is 1. The average molecular weight is 281 g/mol. The molecule has 6 nitrogen and oxygen atoms in total. The third-order valence-electron chi connectivity index (χ3n) is 4.59. The fraction of sp³-hybridized carbons (Fsp3) is 0.333. The molecule has 1 aromatic carbocycles. The number of hydrogen-bond donors (Lipinski definition) is 1. The summed E-state index contributed by atoms with van der Waals surface area (Å²) in [4.78, 5) is 17.4. The van der Waals surface area contributed by atoms with Crippen LogP contribution in [-0.2, 0) is 11.8 Å². The lowest BCUT2D eigenvalue weighted by Gasteiger charge is -2.34. The van der Waals surface area contributed by atoms with Crippen molar-refractivity contribution in [2.45, 2.75) is 32.1 Å². The molecule has 3 aromatic rings. The second-order valence-corrected chi connectivity index (χ2v) is 5.82. The number of rotatable bonds is 1. The average Bonchev–Trinajstić information content (AvgIpc) is 2.96. The maximum atomic E-state index is 12.8. The van der Waals surface area contributed by atoms with Gasteiger partial charge in [-0.1, -0.05) is 43.2 Å². The van der Waals surface area contributed by atoms with E-state index in [9.17, 15) is 4.79 Å². The summed E-state index contributed by atoms with van der Waals surface area (Å²) >= 11 is 0. The Balaban J connectivity index is 2.19. The summed E-state index contributed by atoms with van der Waals surface area (Å²) < 4.78 is 1.32. The summed E-state index contributed by atoms with van der Waals surface area (Å²) in [5.74, 6) is 0.314. The minimum Gasteiger partial charge on any atom is -0.267 e. The molecule has 0 bridgehead atoms. The number of aromatic nitrogens is 5. The van der Waals surface area contributed by atoms with E-state index in [4.69, 9.17) is 0 Å². The highest BCUT2D eigenvalue weighted by Crippen LogP contribution is 2.42. The molecule has 0 saturated heterocycles. The normalized spacial score (nSPS) is 20.3. The van der Waals surface area contributed by atoms with Gasteiger partial charge in [0.05, 0.1) is 11.3 Å². The number of H-pyrrole nitrogens is 1. The zero-order valence-corrected chi connectivity index (χ0v) is 11.9. The molecule has 0 saturated carbocycles. The molecule has 6 heteroatoms. The molecule has 4 rings (SSSR count). The van der Waals surface area contributed by atoms with Crippen LogP contribution in [0.2, 0.25) is 0 Å². The number of fused-ring (bicyclic) bond motifs is 4. The maximum absolute atomic E-state index is 12.8. The van der Waals surface area contributed by atoms with Crippen molar-refractivity contribution in [1.82, 2.24) is 25.0 Å². The van der Waals surface area contributed by atoms with Crippen LogP contribution in [0.1, 0.15) is 31.4 Å². The summed E-state index contributed by atoms with van der Waals surface area (Å²) in [5.41, 5.74) is 3.45. The Morgan fingerprint density at radius 3 is 3.00 bits per heavy atom. The molecule has 0 radical (unpaired) electrons. The first-order valence-corrected chi connectivity index (χ1v) is 7.06. The van der Waals surface area contributed by atoms with Gasteiger partial charge < -0.3 is 0 Å². The molecule has 0 spiro atoms. The zero-order chi connectivity index (χ0) is 14.6. The van der Waals surface area contributed by atoms with E-state index in [-0.39, 0.29) is 11.0 Å². The van der Waals surface area contributed by atoms with Crippen molar-refractivity contribution in [2.24, 2.45) is 0 Å². The molecule has 1 N–H and O–H groups in total. The maximum Gasteiger partial charge on any atom is 0.279 e. The molecule has 21 heavy (non-hydrogen) atoms. The van der Waals surface area contributed by atoms with Gasteiger partial charge in [0.25, 0.3) is 11.3 Å². The Hall–Kier alpha value is -2.50. The van der Waals surface area contributed by atoms with E-state index < -0.39 is 0 Å². The van der Waals surface area contributed by atoms with Crippen LogP contribution >= 0.6 is 0 Å². The van der Waals surface area contributed by atoms with Gasteiger partial charge in [0.15, 0.2) is 0 Å². The largest absolute Gasteiger partial charge is 0.279 e. The Morgan fingerprint density at radius 2 is 2.19 bits per heavy atom. The molecule has 2 aromatic heterocycles. The predicted molar refractivity (Wildman–Crippen MR) is 78.2 cm³/mol. The van der Waals surface area contributed by atoms with Crippen molar-refractivity contribution in [1.29, 1.82) is 0 Å². The van der Waals surface area contributed by atoms with Gasteiger partial charge in [0.2, 0.25) is 0 Å². The van der Waals surface area contributed by atoms with E-state index in [1.54, 1.807) is 0 Å². The van der Waals surface area contributed by atoms with Crippen LogP contribution in [0.3, 0.4) is 0 Å². The molecule has 1 aliphatic carbocycles. The van der Waals surface area contributed by atoms with Crippen LogP contribution in [0.5, 0.6) is 0 Å². The molecule has 0 fully saturated rings. The second-order valence-electron chi connectivity index (χ2n) is 5.82. The Kier molecular flexibility index (Phi) is 2.34. The van der Waals surface area contributed by atoms with E-state index >= 15 is 0 Å². The fourth-order valence-electron chi connectivity index (χ4n) is 3.23. The number of nitrogens with zero attached hydrogens (tertiary/aromatic N) is 4. The highest BCUT2D eigenvalue weighted by atomic mass is 16.1. The Labute approximate surface area is 120 Å². The monoisotopic (exact) mass is 281 g/mol. The van der Waals surface area contributed by atoms with Gasteiger partial charge in [-0.25, -0.2) is 4.98 Å². The van der Waals surface area contributed by atoms with E-state index in [0.29, 0.717) is 5.78 Å². The minimum atomic E-state index is -0.222. The van der Waals surface area contributed by atoms with Crippen LogP contribution in [0, 0.1) is 0 Å². The van der Waals surface area contributed by atoms with E-state index in [1.807, 2.05) is 18.2 Å². The number of tetrazole rings is 1. The topological polar surface area (TPSA) is 75.9 Å². The number of aromatic amines is 1. The minimum absolute atomic E-state index is 0.0983. The van der Waals surface area contributed by atoms with Crippen molar-refractivity contribution in [3.63, 3.8) is 0 Å². The molecule has 1 unspecified atom stereocenters. The fourth-order valence-corrected chi connectivity index (χ4v) is 3.23. The van der Waals surface area contributed by atoms with Crippen LogP contribution < -0.4 is 5.56 Å². The van der Waals surface area contributed by atoms with Crippen LogP contribution in [0.15, 0.2) is 29.1 Å². The lowest BCUT2D eigenvalue weighted by Crippen LogP contribution is -2.37. The summed E-state index contributed by atoms with van der Waals surface area (Å²) in [7, 11) is 0. The molecular weight excluding hydrogens is 266 g/mol. The van der Waals surface area contributed by atoms with E-state index in [2.05, 4.69) is 40.4 Å². The van der Waals surface area contributed by atoms with E-state index in [0.717, 1.165) is 29.7 Å². The van der Waals surface area contributed by atoms with Gasteiger partial charge in [0, 0.05) is 11.0 Å². The first kappa shape index (κ1) is 12.3. The summed E-state index contributed by atoms with van der Waals surface area (Å²) in [6.45, 7) is 4.23. The lowest BCUT2D eigenvalue weighted by atomic mass is 9.69. The van der Waals surface area contributed by atoms with Gasteiger partial charge >= 0.3 is 0 Å². The van der Waals surface area contributed by atoms with Gasteiger partial charge in [0.1, 0.15) is 0 Å². The molecule has 2 heterocycles. The number of hydrogen-bond acceptors (Lipinski definition) is 4. The van der Waals surface area contributed by atoms with Crippen molar-refractivity contribution < 1.29 is 0 Å². The Morgan fingerprint density at radius 1 is 1.38 bits per heavy atom. The predicted octanol–water partition coefficient (Wildman–Crippen LogP) is 1.70. The summed E-state index contributed by atoms with van der Waals surface area (Å²) in [6, 6.07) is 8.13. The van der Waals surface area contributed by atoms with Crippen molar-refractivity contribution in [3.8, 4) is 11.3 Å². The smallest absolute Gasteiger partial charge is 0.267 e. The molecule has 106 valence electrons. The highest BCUT2D eigenvalue weighted by molar-refractivity contribution is 5.72. The summed E-state index contributed by atoms with van der Waals surface area (Å²) in [5, 5.41) is 10.2. The Bertz CT molecular complexity index is 910. The second kappa shape index (κ2) is 4.00. The number of nitrogens with one attached hydrogen (secondary N) is 1. The first-order chi connectivity index (χ1) is 10.1. The lowest BCUT2D eigenvalue weighted by molar-refractivity contribution is 0.438. The SMILES string of the molecule is CCC1(C)Cc2ccccc2-c2nc3nn[nH]n3c(=O)c21. The van der Waals surface area contributed by atoms with E-state index in [1.165, 1.54) is 10.1 Å². The van der Waals surface area contributed by atoms with Crippen molar-refractivity contribution in [2.75, 3.05) is 0 Å². The van der Waals surface area contributed by atoms with Crippen LogP contribution in [-0.4, -0.2) is 25.0 Å². The quantitative estimate of drug-likeness (QED) is 0.736. The van der Waals surface area contributed by atoms with Crippen molar-refractivity contribution in [3.05, 3.63) is 45.7 Å². The molecule has 1 aliphatic rings. The van der Waals surface area contributed by atoms with Gasteiger partial charge in [-0.05, 0) is 23.6 Å².